The molecule has 17 heteroatoms. The van der Waals surface area contributed by atoms with Gasteiger partial charge in [0.25, 0.3) is 0 Å². The standard InChI is InChI=1S/C44H70O17/c1-19-8-13-43(54-18-19)21(3)44(53)29(61-43)15-26-24-7-6-22-14-23(9-11-41(22,4)25(24)10-12-42(26,44)5)56-40-37(60-38-34(51)32(49)30(47)20(2)55-38)35(52)36(28(17-46)58-40)59-39-33(50)31(48)27(16-45)57-39/h6,19-21,23-40,45-53H,7-18H2,1-5H3/t19-,20+,21-,23+,24-,25+,26+,27+,28-,29+,30-,31-,32+,33+,34+,35+,36-,37-,38+,39+,40-,41+,42+,43-,44-/m0/s1. The second-order valence-corrected chi connectivity index (χ2v) is 20.7. The summed E-state index contributed by atoms with van der Waals surface area (Å²) in [5.41, 5.74) is -0.100. The molecule has 9 aliphatic rings. The van der Waals surface area contributed by atoms with Crippen LogP contribution < -0.4 is 0 Å². The quantitative estimate of drug-likeness (QED) is 0.145. The Bertz CT molecular complexity index is 1610. The Kier molecular flexibility index (Phi) is 12.2. The van der Waals surface area contributed by atoms with Gasteiger partial charge < -0.3 is 83.9 Å². The molecule has 0 amide bonds. The van der Waals surface area contributed by atoms with Crippen molar-refractivity contribution in [1.82, 2.24) is 0 Å². The van der Waals surface area contributed by atoms with E-state index in [9.17, 15) is 46.0 Å². The Morgan fingerprint density at radius 3 is 2.08 bits per heavy atom. The highest BCUT2D eigenvalue weighted by Crippen LogP contribution is 2.72. The highest BCUT2D eigenvalue weighted by atomic mass is 16.8. The van der Waals surface area contributed by atoms with E-state index in [0.717, 1.165) is 44.9 Å². The molecule has 1 spiro atoms. The van der Waals surface area contributed by atoms with E-state index < -0.39 is 117 Å². The van der Waals surface area contributed by atoms with Gasteiger partial charge in [0.05, 0.1) is 38.1 Å². The Labute approximate surface area is 357 Å². The second-order valence-electron chi connectivity index (χ2n) is 20.7. The van der Waals surface area contributed by atoms with Crippen molar-refractivity contribution in [2.45, 2.75) is 202 Å². The molecule has 0 aromatic carbocycles. The molecular weight excluding hydrogens is 800 g/mol. The van der Waals surface area contributed by atoms with E-state index in [1.54, 1.807) is 0 Å². The normalized spacial score (nSPS) is 58.2. The van der Waals surface area contributed by atoms with Crippen molar-refractivity contribution in [1.29, 1.82) is 0 Å². The highest BCUT2D eigenvalue weighted by Gasteiger charge is 2.76. The van der Waals surface area contributed by atoms with E-state index in [0.29, 0.717) is 43.1 Å². The summed E-state index contributed by atoms with van der Waals surface area (Å²) in [5, 5.41) is 97.6. The molecule has 25 atom stereocenters. The van der Waals surface area contributed by atoms with E-state index in [-0.39, 0.29) is 22.9 Å². The van der Waals surface area contributed by atoms with Crippen LogP contribution >= 0.6 is 0 Å². The zero-order valence-corrected chi connectivity index (χ0v) is 36.0. The van der Waals surface area contributed by atoms with Crippen LogP contribution in [0.4, 0.5) is 0 Å². The van der Waals surface area contributed by atoms with Crippen LogP contribution in [-0.4, -0.2) is 175 Å². The van der Waals surface area contributed by atoms with E-state index in [1.165, 1.54) is 12.5 Å². The fourth-order valence-electron chi connectivity index (χ4n) is 13.8. The minimum Gasteiger partial charge on any atom is -0.394 e. The largest absolute Gasteiger partial charge is 0.394 e. The predicted molar refractivity (Wildman–Crippen MR) is 210 cm³/mol. The lowest BCUT2D eigenvalue weighted by Gasteiger charge is -2.60. The number of aliphatic hydroxyl groups excluding tert-OH is 8. The molecular formula is C44H70O17. The van der Waals surface area contributed by atoms with Gasteiger partial charge >= 0.3 is 0 Å². The first-order valence-corrected chi connectivity index (χ1v) is 22.9. The van der Waals surface area contributed by atoms with Gasteiger partial charge in [0.15, 0.2) is 24.7 Å². The van der Waals surface area contributed by atoms with Gasteiger partial charge in [-0.2, -0.15) is 0 Å². The number of fused-ring (bicyclic) bond motifs is 7. The Morgan fingerprint density at radius 2 is 1.39 bits per heavy atom. The van der Waals surface area contributed by atoms with Crippen LogP contribution in [0.3, 0.4) is 0 Å². The van der Waals surface area contributed by atoms with E-state index in [1.807, 2.05) is 0 Å². The number of rotatable bonds is 8. The number of hydrogen-bond donors (Lipinski definition) is 9. The maximum Gasteiger partial charge on any atom is 0.187 e. The molecule has 4 aliphatic carbocycles. The van der Waals surface area contributed by atoms with Gasteiger partial charge in [0.2, 0.25) is 0 Å². The molecule has 5 heterocycles. The van der Waals surface area contributed by atoms with Crippen LogP contribution in [0.15, 0.2) is 11.6 Å². The molecule has 0 bridgehead atoms. The van der Waals surface area contributed by atoms with Crippen LogP contribution in [0.5, 0.6) is 0 Å². The Hall–Kier alpha value is -0.940. The fourth-order valence-corrected chi connectivity index (χ4v) is 13.8. The average Bonchev–Trinajstić information content (AvgIpc) is 3.74. The van der Waals surface area contributed by atoms with Crippen LogP contribution in [-0.2, 0) is 37.9 Å². The summed E-state index contributed by atoms with van der Waals surface area (Å²) in [5.74, 6) is 0.693. The summed E-state index contributed by atoms with van der Waals surface area (Å²) in [7, 11) is 0. The van der Waals surface area contributed by atoms with E-state index in [4.69, 9.17) is 37.9 Å². The summed E-state index contributed by atoms with van der Waals surface area (Å²) in [6.45, 7) is 9.89. The molecule has 9 rings (SSSR count). The van der Waals surface area contributed by atoms with Gasteiger partial charge in [0.1, 0.15) is 66.6 Å². The van der Waals surface area contributed by atoms with Crippen LogP contribution in [0, 0.1) is 40.4 Å². The molecule has 5 saturated heterocycles. The summed E-state index contributed by atoms with van der Waals surface area (Å²) < 4.78 is 49.5. The zero-order chi connectivity index (χ0) is 43.6. The molecule has 0 aromatic rings. The molecule has 61 heavy (non-hydrogen) atoms. The van der Waals surface area contributed by atoms with Gasteiger partial charge in [-0.25, -0.2) is 0 Å². The highest BCUT2D eigenvalue weighted by molar-refractivity contribution is 5.29. The summed E-state index contributed by atoms with van der Waals surface area (Å²) in [6.07, 6.45) is -11.0. The minimum atomic E-state index is -1.72. The van der Waals surface area contributed by atoms with Crippen LogP contribution in [0.1, 0.15) is 92.4 Å². The van der Waals surface area contributed by atoms with Crippen LogP contribution in [0.25, 0.3) is 0 Å². The van der Waals surface area contributed by atoms with Crippen molar-refractivity contribution in [3.63, 3.8) is 0 Å². The predicted octanol–water partition coefficient (Wildman–Crippen LogP) is -0.0319. The molecule has 3 saturated carbocycles. The fraction of sp³-hybridized carbons (Fsp3) is 0.955. The second kappa shape index (κ2) is 16.4. The number of allylic oxidation sites excluding steroid dienone is 1. The third kappa shape index (κ3) is 6.97. The first kappa shape index (κ1) is 45.2. The topological polar surface area (TPSA) is 256 Å². The third-order valence-corrected chi connectivity index (χ3v) is 17.6. The van der Waals surface area contributed by atoms with Crippen molar-refractivity contribution < 1.29 is 83.9 Å². The molecule has 17 nitrogen and oxygen atoms in total. The van der Waals surface area contributed by atoms with Gasteiger partial charge in [-0.05, 0) is 87.4 Å². The van der Waals surface area contributed by atoms with Crippen molar-refractivity contribution in [3.05, 3.63) is 11.6 Å². The van der Waals surface area contributed by atoms with Crippen molar-refractivity contribution in [3.8, 4) is 0 Å². The summed E-state index contributed by atoms with van der Waals surface area (Å²) in [6, 6.07) is 0. The third-order valence-electron chi connectivity index (χ3n) is 17.6. The smallest absolute Gasteiger partial charge is 0.187 e. The van der Waals surface area contributed by atoms with Crippen molar-refractivity contribution in [2.75, 3.05) is 19.8 Å². The van der Waals surface area contributed by atoms with Gasteiger partial charge in [-0.15, -0.1) is 0 Å². The summed E-state index contributed by atoms with van der Waals surface area (Å²) in [4.78, 5) is 0. The van der Waals surface area contributed by atoms with Crippen LogP contribution in [0.2, 0.25) is 0 Å². The van der Waals surface area contributed by atoms with Crippen molar-refractivity contribution >= 4 is 0 Å². The number of aliphatic hydroxyl groups is 9. The molecule has 9 N–H and O–H groups in total. The molecule has 0 unspecified atom stereocenters. The molecule has 348 valence electrons. The lowest BCUT2D eigenvalue weighted by molar-refractivity contribution is -0.380. The van der Waals surface area contributed by atoms with E-state index in [2.05, 4.69) is 33.8 Å². The molecule has 5 aliphatic heterocycles. The lowest BCUT2D eigenvalue weighted by atomic mass is 9.46. The maximum atomic E-state index is 12.8. The van der Waals surface area contributed by atoms with E-state index >= 15 is 0 Å². The Morgan fingerprint density at radius 1 is 0.705 bits per heavy atom. The number of ether oxygens (including phenoxy) is 8. The summed E-state index contributed by atoms with van der Waals surface area (Å²) >= 11 is 0. The zero-order valence-electron chi connectivity index (χ0n) is 36.0. The lowest BCUT2D eigenvalue weighted by Crippen LogP contribution is -2.65. The number of hydrogen-bond acceptors (Lipinski definition) is 17. The van der Waals surface area contributed by atoms with Gasteiger partial charge in [0, 0.05) is 17.8 Å². The van der Waals surface area contributed by atoms with Crippen molar-refractivity contribution in [2.24, 2.45) is 40.4 Å². The monoisotopic (exact) mass is 870 g/mol. The molecule has 0 radical (unpaired) electrons. The SMILES string of the molecule is C[C@H]1CC[C@]2(OC1)O[C@@H]1C[C@@H]3[C@H]4CC=C5C[C@H](O[C@H]6O[C@@H](CO)[C@H](O[C@H]7O[C@H](CO)[C@H](O)[C@H]7O)[C@@H](O)[C@@H]6O[C@H]6O[C@H](C)[C@H](O)[C@@H](O)[C@H]6O)CC[C@@]5(C)[C@@H]4CC[C@@]3(C)[C@]1(O)[C@H]2C. The molecule has 8 fully saturated rings. The minimum absolute atomic E-state index is 0.109. The first-order valence-electron chi connectivity index (χ1n) is 22.9. The maximum absolute atomic E-state index is 12.8. The average molecular weight is 871 g/mol. The Balaban J connectivity index is 0.922. The molecule has 0 aromatic heterocycles. The van der Waals surface area contributed by atoms with Gasteiger partial charge in [-0.1, -0.05) is 39.3 Å². The first-order chi connectivity index (χ1) is 28.9. The van der Waals surface area contributed by atoms with Gasteiger partial charge in [-0.3, -0.25) is 0 Å².